The van der Waals surface area contributed by atoms with Crippen molar-refractivity contribution in [3.8, 4) is 11.6 Å². The summed E-state index contributed by atoms with van der Waals surface area (Å²) in [6.45, 7) is 1.82. The maximum Gasteiger partial charge on any atom is 0.331 e. The number of nitrogens with one attached hydrogen (secondary N) is 3. The summed E-state index contributed by atoms with van der Waals surface area (Å²) in [4.78, 5) is 38.1. The van der Waals surface area contributed by atoms with Crippen LogP contribution in [0.4, 0.5) is 21.9 Å². The number of hydrogen-bond acceptors (Lipinski definition) is 7. The van der Waals surface area contributed by atoms with Gasteiger partial charge >= 0.3 is 6.03 Å². The van der Waals surface area contributed by atoms with Gasteiger partial charge in [0.05, 0.1) is 34.2 Å². The quantitative estimate of drug-likeness (QED) is 0.322. The van der Waals surface area contributed by atoms with Gasteiger partial charge in [0.1, 0.15) is 15.5 Å². The molecule has 1 atom stereocenters. The van der Waals surface area contributed by atoms with Gasteiger partial charge in [-0.2, -0.15) is 0 Å². The van der Waals surface area contributed by atoms with Gasteiger partial charge in [-0.3, -0.25) is 9.69 Å². The highest BCUT2D eigenvalue weighted by Crippen LogP contribution is 2.46. The minimum atomic E-state index is -0.391. The molecule has 0 radical (unpaired) electrons. The molecular formula is C26H22N6O3S. The van der Waals surface area contributed by atoms with E-state index >= 15 is 0 Å². The molecule has 1 aliphatic carbocycles. The summed E-state index contributed by atoms with van der Waals surface area (Å²) in [6, 6.07) is 14.0. The highest BCUT2D eigenvalue weighted by Gasteiger charge is 2.34. The number of pyridine rings is 2. The number of aryl methyl sites for hydroxylation is 1. The minimum Gasteiger partial charge on any atom is -0.439 e. The van der Waals surface area contributed by atoms with Crippen LogP contribution in [0, 0.1) is 12.3 Å². The maximum atomic E-state index is 13.4. The Balaban J connectivity index is 1.36. The van der Waals surface area contributed by atoms with Crippen molar-refractivity contribution in [2.75, 3.05) is 10.2 Å². The number of ether oxygens (including phenoxy) is 1. The van der Waals surface area contributed by atoms with E-state index in [1.807, 2.05) is 37.3 Å². The second kappa shape index (κ2) is 8.72. The van der Waals surface area contributed by atoms with Gasteiger partial charge in [0.15, 0.2) is 0 Å². The monoisotopic (exact) mass is 498 g/mol. The molecular weight excluding hydrogens is 476 g/mol. The molecule has 10 heteroatoms. The van der Waals surface area contributed by atoms with Crippen molar-refractivity contribution in [2.45, 2.75) is 32.2 Å². The number of urea groups is 1. The summed E-state index contributed by atoms with van der Waals surface area (Å²) in [5.41, 5.74) is 2.83. The molecule has 1 aromatic carbocycles. The summed E-state index contributed by atoms with van der Waals surface area (Å²) >= 11 is 1.23. The number of aromatic nitrogens is 2. The Morgan fingerprint density at radius 2 is 2.03 bits per heavy atom. The topological polar surface area (TPSA) is 120 Å². The molecule has 4 aromatic rings. The number of para-hydroxylation sites is 1. The van der Waals surface area contributed by atoms with Crippen LogP contribution in [0.3, 0.4) is 0 Å². The van der Waals surface area contributed by atoms with Gasteiger partial charge in [0, 0.05) is 18.0 Å². The molecule has 180 valence electrons. The van der Waals surface area contributed by atoms with E-state index in [0.29, 0.717) is 61.6 Å². The number of rotatable bonds is 5. The Kier molecular flexibility index (Phi) is 5.37. The van der Waals surface area contributed by atoms with Crippen LogP contribution in [0.2, 0.25) is 0 Å². The van der Waals surface area contributed by atoms with Crippen LogP contribution in [0.5, 0.6) is 11.6 Å². The van der Waals surface area contributed by atoms with E-state index in [9.17, 15) is 9.59 Å². The molecule has 2 aliphatic rings. The predicted octanol–water partition coefficient (Wildman–Crippen LogP) is 5.78. The molecule has 0 unspecified atom stereocenters. The highest BCUT2D eigenvalue weighted by atomic mass is 32.1. The molecule has 36 heavy (non-hydrogen) atoms. The third-order valence-electron chi connectivity index (χ3n) is 6.36. The Bertz CT molecular complexity index is 1530. The van der Waals surface area contributed by atoms with Gasteiger partial charge in [0.2, 0.25) is 5.88 Å². The van der Waals surface area contributed by atoms with Crippen molar-refractivity contribution in [2.24, 2.45) is 0 Å². The van der Waals surface area contributed by atoms with E-state index < -0.39 is 6.03 Å². The smallest absolute Gasteiger partial charge is 0.331 e. The number of carbonyl (C=O) groups excluding carboxylic acids is 2. The van der Waals surface area contributed by atoms with Crippen molar-refractivity contribution in [1.82, 2.24) is 15.3 Å². The SMILES string of the molecule is Cc1nc(Oc2ccccc2)ccc1N1C(=O)Nc2c(C(=O)N[C@@H]3CCCC3=N)sc3nccc1c23. The summed E-state index contributed by atoms with van der Waals surface area (Å²) in [5, 5.41) is 14.6. The van der Waals surface area contributed by atoms with Crippen molar-refractivity contribution in [1.29, 1.82) is 5.41 Å². The molecule has 3 N–H and O–H groups in total. The lowest BCUT2D eigenvalue weighted by Gasteiger charge is -2.29. The fourth-order valence-corrected chi connectivity index (χ4v) is 5.67. The summed E-state index contributed by atoms with van der Waals surface area (Å²) in [6.07, 6.45) is 3.98. The van der Waals surface area contributed by atoms with Gasteiger partial charge in [-0.1, -0.05) is 18.2 Å². The molecule has 3 aromatic heterocycles. The lowest BCUT2D eigenvalue weighted by molar-refractivity contribution is 0.0951. The molecule has 1 saturated carbocycles. The van der Waals surface area contributed by atoms with Crippen LogP contribution >= 0.6 is 11.3 Å². The zero-order valence-corrected chi connectivity index (χ0v) is 20.2. The maximum absolute atomic E-state index is 13.4. The normalized spacial score (nSPS) is 16.8. The van der Waals surface area contributed by atoms with Crippen LogP contribution in [0.1, 0.15) is 34.6 Å². The third-order valence-corrected chi connectivity index (χ3v) is 7.45. The molecule has 4 heterocycles. The Hall–Kier alpha value is -4.31. The van der Waals surface area contributed by atoms with Crippen LogP contribution in [0.15, 0.2) is 54.7 Å². The molecule has 0 saturated heterocycles. The Morgan fingerprint density at radius 3 is 2.78 bits per heavy atom. The van der Waals surface area contributed by atoms with Crippen molar-refractivity contribution < 1.29 is 14.3 Å². The van der Waals surface area contributed by atoms with E-state index in [4.69, 9.17) is 10.1 Å². The first-order chi connectivity index (χ1) is 17.5. The van der Waals surface area contributed by atoms with Crippen molar-refractivity contribution >= 4 is 56.3 Å². The van der Waals surface area contributed by atoms with E-state index in [1.165, 1.54) is 11.3 Å². The van der Waals surface area contributed by atoms with Crippen LogP contribution in [-0.4, -0.2) is 33.7 Å². The number of amides is 3. The van der Waals surface area contributed by atoms with E-state index in [1.54, 1.807) is 29.3 Å². The number of hydrogen-bond donors (Lipinski definition) is 3. The average molecular weight is 499 g/mol. The van der Waals surface area contributed by atoms with Gasteiger partial charge in [-0.15, -0.1) is 11.3 Å². The van der Waals surface area contributed by atoms with Crippen LogP contribution in [-0.2, 0) is 0 Å². The van der Waals surface area contributed by atoms with Gasteiger partial charge < -0.3 is 20.8 Å². The van der Waals surface area contributed by atoms with E-state index in [2.05, 4.69) is 20.6 Å². The summed E-state index contributed by atoms with van der Waals surface area (Å²) in [7, 11) is 0. The standard InChI is InChI=1S/C26H22N6O3S/c1-14-18(10-11-20(29-14)35-15-6-3-2-4-7-15)32-19-12-13-28-25-21(19)22(31-26(32)34)23(36-25)24(33)30-17-9-5-8-16(17)27/h2-4,6-7,10-13,17,27H,5,8-9H2,1H3,(H,30,33)(H,31,34)/t17-/m1/s1. The largest absolute Gasteiger partial charge is 0.439 e. The summed E-state index contributed by atoms with van der Waals surface area (Å²) < 4.78 is 5.84. The Labute approximate surface area is 210 Å². The first kappa shape index (κ1) is 22.2. The second-order valence-electron chi connectivity index (χ2n) is 8.69. The van der Waals surface area contributed by atoms with Crippen molar-refractivity contribution in [3.05, 3.63) is 65.3 Å². The first-order valence-electron chi connectivity index (χ1n) is 11.6. The lowest BCUT2D eigenvalue weighted by Crippen LogP contribution is -2.38. The zero-order chi connectivity index (χ0) is 24.8. The summed E-state index contributed by atoms with van der Waals surface area (Å²) in [5.74, 6) is 0.794. The lowest BCUT2D eigenvalue weighted by atomic mass is 10.1. The molecule has 9 nitrogen and oxygen atoms in total. The van der Waals surface area contributed by atoms with E-state index in [-0.39, 0.29) is 11.9 Å². The number of carbonyl (C=O) groups is 2. The Morgan fingerprint density at radius 1 is 1.19 bits per heavy atom. The van der Waals surface area contributed by atoms with Crippen LogP contribution < -0.4 is 20.3 Å². The van der Waals surface area contributed by atoms with Gasteiger partial charge in [-0.05, 0) is 50.5 Å². The number of thiophene rings is 1. The second-order valence-corrected chi connectivity index (χ2v) is 9.69. The highest BCUT2D eigenvalue weighted by molar-refractivity contribution is 7.21. The first-order valence-corrected chi connectivity index (χ1v) is 12.4. The predicted molar refractivity (Wildman–Crippen MR) is 139 cm³/mol. The average Bonchev–Trinajstić information content (AvgIpc) is 3.45. The molecule has 0 spiro atoms. The molecule has 3 amide bonds. The number of nitrogens with zero attached hydrogens (tertiary/aromatic N) is 3. The zero-order valence-electron chi connectivity index (χ0n) is 19.4. The molecule has 6 rings (SSSR count). The fourth-order valence-electron chi connectivity index (χ4n) is 4.64. The fraction of sp³-hybridized carbons (Fsp3) is 0.192. The van der Waals surface area contributed by atoms with Crippen LogP contribution in [0.25, 0.3) is 10.2 Å². The van der Waals surface area contributed by atoms with E-state index in [0.717, 1.165) is 12.8 Å². The van der Waals surface area contributed by atoms with Gasteiger partial charge in [-0.25, -0.2) is 14.8 Å². The molecule has 1 aliphatic heterocycles. The van der Waals surface area contributed by atoms with Gasteiger partial charge in [0.25, 0.3) is 5.91 Å². The molecule has 1 fully saturated rings. The number of anilines is 3. The minimum absolute atomic E-state index is 0.261. The third kappa shape index (κ3) is 3.75. The molecule has 0 bridgehead atoms. The van der Waals surface area contributed by atoms with Crippen molar-refractivity contribution in [3.63, 3.8) is 0 Å². The number of benzene rings is 1.